The zero-order valence-corrected chi connectivity index (χ0v) is 12.6. The lowest BCUT2D eigenvalue weighted by molar-refractivity contribution is 0.398. The van der Waals surface area contributed by atoms with Crippen LogP contribution >= 0.6 is 0 Å². The predicted molar refractivity (Wildman–Crippen MR) is 80.6 cm³/mol. The SMILES string of the molecule is CC(c1ccccc1)N(C)S(=O)(=O)c1ccc(N)c(F)c1. The van der Waals surface area contributed by atoms with Crippen LogP contribution < -0.4 is 5.73 Å². The molecule has 0 bridgehead atoms. The second-order valence-corrected chi connectivity index (χ2v) is 6.79. The molecular formula is C15H17FN2O2S. The van der Waals surface area contributed by atoms with Gasteiger partial charge in [-0.3, -0.25) is 0 Å². The van der Waals surface area contributed by atoms with Crippen LogP contribution in [0.3, 0.4) is 0 Å². The third-order valence-electron chi connectivity index (χ3n) is 3.48. The Kier molecular flexibility index (Phi) is 4.29. The first-order valence-corrected chi connectivity index (χ1v) is 7.86. The molecule has 4 nitrogen and oxygen atoms in total. The molecule has 2 aromatic carbocycles. The van der Waals surface area contributed by atoms with Crippen molar-refractivity contribution < 1.29 is 12.8 Å². The fourth-order valence-corrected chi connectivity index (χ4v) is 3.35. The molecule has 0 amide bonds. The van der Waals surface area contributed by atoms with Crippen LogP contribution in [0.2, 0.25) is 0 Å². The van der Waals surface area contributed by atoms with Crippen LogP contribution in [0.4, 0.5) is 10.1 Å². The molecule has 0 saturated heterocycles. The minimum absolute atomic E-state index is 0.0762. The van der Waals surface area contributed by atoms with Gasteiger partial charge < -0.3 is 5.73 Å². The van der Waals surface area contributed by atoms with Gasteiger partial charge in [0.1, 0.15) is 5.82 Å². The lowest BCUT2D eigenvalue weighted by Gasteiger charge is -2.24. The smallest absolute Gasteiger partial charge is 0.243 e. The Morgan fingerprint density at radius 3 is 2.33 bits per heavy atom. The molecule has 1 unspecified atom stereocenters. The Labute approximate surface area is 124 Å². The Morgan fingerprint density at radius 2 is 1.76 bits per heavy atom. The Bertz CT molecular complexity index is 733. The third kappa shape index (κ3) is 3.06. The van der Waals surface area contributed by atoms with Crippen LogP contribution in [-0.2, 0) is 10.0 Å². The van der Waals surface area contributed by atoms with E-state index >= 15 is 0 Å². The molecule has 0 fully saturated rings. The molecule has 2 N–H and O–H groups in total. The zero-order chi connectivity index (χ0) is 15.6. The standard InChI is InChI=1S/C15H17FN2O2S/c1-11(12-6-4-3-5-7-12)18(2)21(19,20)13-8-9-15(17)14(16)10-13/h3-11H,17H2,1-2H3. The molecule has 0 aliphatic carbocycles. The summed E-state index contributed by atoms with van der Waals surface area (Å²) in [5, 5.41) is 0. The summed E-state index contributed by atoms with van der Waals surface area (Å²) in [4.78, 5) is -0.112. The lowest BCUT2D eigenvalue weighted by Crippen LogP contribution is -2.29. The van der Waals surface area contributed by atoms with Gasteiger partial charge in [0, 0.05) is 13.1 Å². The average molecular weight is 308 g/mol. The molecule has 0 heterocycles. The highest BCUT2D eigenvalue weighted by Gasteiger charge is 2.26. The van der Waals surface area contributed by atoms with E-state index < -0.39 is 15.8 Å². The second-order valence-electron chi connectivity index (χ2n) is 4.79. The van der Waals surface area contributed by atoms with E-state index in [1.807, 2.05) is 30.3 Å². The third-order valence-corrected chi connectivity index (χ3v) is 5.40. The molecule has 21 heavy (non-hydrogen) atoms. The normalized spacial score (nSPS) is 13.3. The highest BCUT2D eigenvalue weighted by Crippen LogP contribution is 2.26. The molecule has 0 spiro atoms. The summed E-state index contributed by atoms with van der Waals surface area (Å²) < 4.78 is 39.8. The molecule has 0 saturated carbocycles. The number of rotatable bonds is 4. The van der Waals surface area contributed by atoms with Crippen molar-refractivity contribution in [1.82, 2.24) is 4.31 Å². The van der Waals surface area contributed by atoms with E-state index in [4.69, 9.17) is 5.73 Å². The van der Waals surface area contributed by atoms with Crippen molar-refractivity contribution >= 4 is 15.7 Å². The molecular weight excluding hydrogens is 291 g/mol. The fraction of sp³-hybridized carbons (Fsp3) is 0.200. The number of benzene rings is 2. The summed E-state index contributed by atoms with van der Waals surface area (Å²) in [5.41, 5.74) is 6.16. The van der Waals surface area contributed by atoms with Crippen molar-refractivity contribution in [2.75, 3.05) is 12.8 Å². The minimum atomic E-state index is -3.79. The Hall–Kier alpha value is -1.92. The zero-order valence-electron chi connectivity index (χ0n) is 11.8. The van der Waals surface area contributed by atoms with Crippen LogP contribution in [0.25, 0.3) is 0 Å². The number of sulfonamides is 1. The van der Waals surface area contributed by atoms with Gasteiger partial charge in [0.2, 0.25) is 10.0 Å². The van der Waals surface area contributed by atoms with Crippen LogP contribution in [0, 0.1) is 5.82 Å². The number of hydrogen-bond donors (Lipinski definition) is 1. The summed E-state index contributed by atoms with van der Waals surface area (Å²) >= 11 is 0. The topological polar surface area (TPSA) is 63.4 Å². The van der Waals surface area contributed by atoms with E-state index in [1.165, 1.54) is 23.5 Å². The van der Waals surface area contributed by atoms with Gasteiger partial charge in [-0.15, -0.1) is 0 Å². The summed E-state index contributed by atoms with van der Waals surface area (Å²) in [6.45, 7) is 1.78. The van der Waals surface area contributed by atoms with Crippen LogP contribution in [-0.4, -0.2) is 19.8 Å². The van der Waals surface area contributed by atoms with E-state index in [9.17, 15) is 12.8 Å². The monoisotopic (exact) mass is 308 g/mol. The van der Waals surface area contributed by atoms with Crippen molar-refractivity contribution in [3.8, 4) is 0 Å². The summed E-state index contributed by atoms with van der Waals surface area (Å²) in [5.74, 6) is -0.739. The van der Waals surface area contributed by atoms with Crippen LogP contribution in [0.15, 0.2) is 53.4 Å². The number of hydrogen-bond acceptors (Lipinski definition) is 3. The first kappa shape index (κ1) is 15.5. The van der Waals surface area contributed by atoms with Crippen molar-refractivity contribution in [2.24, 2.45) is 0 Å². The highest BCUT2D eigenvalue weighted by atomic mass is 32.2. The fourth-order valence-electron chi connectivity index (χ4n) is 1.98. The molecule has 0 aliphatic rings. The second kappa shape index (κ2) is 5.83. The van der Waals surface area contributed by atoms with Crippen LogP contribution in [0.5, 0.6) is 0 Å². The maximum atomic E-state index is 13.5. The van der Waals surface area contributed by atoms with E-state index in [1.54, 1.807) is 6.92 Å². The molecule has 2 rings (SSSR count). The van der Waals surface area contributed by atoms with Crippen molar-refractivity contribution in [3.63, 3.8) is 0 Å². The maximum absolute atomic E-state index is 13.5. The summed E-state index contributed by atoms with van der Waals surface area (Å²) in [6.07, 6.45) is 0. The van der Waals surface area contributed by atoms with Crippen molar-refractivity contribution in [3.05, 3.63) is 59.9 Å². The van der Waals surface area contributed by atoms with E-state index in [2.05, 4.69) is 0 Å². The molecule has 2 aromatic rings. The quantitative estimate of drug-likeness (QED) is 0.883. The lowest BCUT2D eigenvalue weighted by atomic mass is 10.1. The number of nitrogens with two attached hydrogens (primary N) is 1. The van der Waals surface area contributed by atoms with Gasteiger partial charge in [-0.25, -0.2) is 12.8 Å². The number of nitrogen functional groups attached to an aromatic ring is 1. The van der Waals surface area contributed by atoms with Gasteiger partial charge in [-0.2, -0.15) is 4.31 Å². The molecule has 1 atom stereocenters. The Balaban J connectivity index is 2.36. The van der Waals surface area contributed by atoms with Gasteiger partial charge in [-0.1, -0.05) is 30.3 Å². The highest BCUT2D eigenvalue weighted by molar-refractivity contribution is 7.89. The molecule has 6 heteroatoms. The van der Waals surface area contributed by atoms with E-state index in [-0.39, 0.29) is 16.6 Å². The van der Waals surface area contributed by atoms with Crippen molar-refractivity contribution in [1.29, 1.82) is 0 Å². The number of halogens is 1. The van der Waals surface area contributed by atoms with Gasteiger partial charge >= 0.3 is 0 Å². The molecule has 0 radical (unpaired) electrons. The minimum Gasteiger partial charge on any atom is -0.396 e. The van der Waals surface area contributed by atoms with Gasteiger partial charge in [0.05, 0.1) is 10.6 Å². The van der Waals surface area contributed by atoms with E-state index in [0.29, 0.717) is 0 Å². The molecule has 112 valence electrons. The number of anilines is 1. The van der Waals surface area contributed by atoms with Crippen molar-refractivity contribution in [2.45, 2.75) is 17.9 Å². The molecule has 0 aliphatic heterocycles. The van der Waals surface area contributed by atoms with E-state index in [0.717, 1.165) is 11.6 Å². The summed E-state index contributed by atoms with van der Waals surface area (Å²) in [6, 6.07) is 12.4. The Morgan fingerprint density at radius 1 is 1.14 bits per heavy atom. The largest absolute Gasteiger partial charge is 0.396 e. The summed E-state index contributed by atoms with van der Waals surface area (Å²) in [7, 11) is -2.31. The molecule has 0 aromatic heterocycles. The average Bonchev–Trinajstić information content (AvgIpc) is 2.49. The first-order chi connectivity index (χ1) is 9.84. The van der Waals surface area contributed by atoms with Crippen LogP contribution in [0.1, 0.15) is 18.5 Å². The van der Waals surface area contributed by atoms with Gasteiger partial charge in [0.25, 0.3) is 0 Å². The van der Waals surface area contributed by atoms with Gasteiger partial charge in [0.15, 0.2) is 0 Å². The first-order valence-electron chi connectivity index (χ1n) is 6.42. The number of nitrogens with zero attached hydrogens (tertiary/aromatic N) is 1. The predicted octanol–water partition coefficient (Wildman–Crippen LogP) is 2.79. The van der Waals surface area contributed by atoms with Gasteiger partial charge in [-0.05, 0) is 30.7 Å². The maximum Gasteiger partial charge on any atom is 0.243 e.